The van der Waals surface area contributed by atoms with E-state index in [0.29, 0.717) is 5.92 Å². The van der Waals surface area contributed by atoms with Crippen molar-refractivity contribution < 1.29 is 0 Å². The van der Waals surface area contributed by atoms with E-state index in [2.05, 4.69) is 34.3 Å². The fourth-order valence-corrected chi connectivity index (χ4v) is 2.06. The van der Waals surface area contributed by atoms with E-state index < -0.39 is 0 Å². The molecule has 0 amide bonds. The van der Waals surface area contributed by atoms with Gasteiger partial charge in [-0.05, 0) is 49.2 Å². The van der Waals surface area contributed by atoms with Crippen LogP contribution in [0.15, 0.2) is 23.3 Å². The highest BCUT2D eigenvalue weighted by Gasteiger charge is 2.18. The van der Waals surface area contributed by atoms with Crippen LogP contribution in [0.4, 0.5) is 0 Å². The Hall–Kier alpha value is -0.520. The smallest absolute Gasteiger partial charge is 0.0222 e. The predicted molar refractivity (Wildman–Crippen MR) is 59.7 cm³/mol. The van der Waals surface area contributed by atoms with E-state index in [4.69, 9.17) is 0 Å². The highest BCUT2D eigenvalue weighted by Crippen LogP contribution is 2.35. The van der Waals surface area contributed by atoms with Gasteiger partial charge in [-0.2, -0.15) is 0 Å². The van der Waals surface area contributed by atoms with Gasteiger partial charge in [-0.25, -0.2) is 0 Å². The molecule has 0 fully saturated rings. The maximum Gasteiger partial charge on any atom is -0.0222 e. The molecule has 1 aliphatic carbocycles. The summed E-state index contributed by atoms with van der Waals surface area (Å²) in [7, 11) is 0. The lowest BCUT2D eigenvalue weighted by Crippen LogP contribution is -2.10. The van der Waals surface area contributed by atoms with Crippen LogP contribution in [0, 0.1) is 11.8 Å². The van der Waals surface area contributed by atoms with Gasteiger partial charge >= 0.3 is 0 Å². The molecule has 0 spiro atoms. The molecule has 1 atom stereocenters. The Kier molecular flexibility index (Phi) is 3.35. The fourth-order valence-electron chi connectivity index (χ4n) is 2.06. The van der Waals surface area contributed by atoms with E-state index in [1.54, 1.807) is 11.1 Å². The minimum atomic E-state index is 0.607. The average molecular weight is 178 g/mol. The lowest BCUT2D eigenvalue weighted by atomic mass is 9.79. The molecule has 0 aliphatic heterocycles. The molecule has 0 bridgehead atoms. The molecule has 0 heterocycles. The molecule has 1 unspecified atom stereocenters. The Morgan fingerprint density at radius 3 is 2.62 bits per heavy atom. The molecular weight excluding hydrogens is 156 g/mol. The summed E-state index contributed by atoms with van der Waals surface area (Å²) < 4.78 is 0. The summed E-state index contributed by atoms with van der Waals surface area (Å²) in [5, 5.41) is 0. The second-order valence-corrected chi connectivity index (χ2v) is 4.63. The molecule has 0 aromatic heterocycles. The van der Waals surface area contributed by atoms with E-state index in [1.165, 1.54) is 24.8 Å². The summed E-state index contributed by atoms with van der Waals surface area (Å²) in [4.78, 5) is 0. The number of hydrogen-bond acceptors (Lipinski definition) is 0. The van der Waals surface area contributed by atoms with Crippen molar-refractivity contribution in [1.82, 2.24) is 0 Å². The van der Waals surface area contributed by atoms with Crippen molar-refractivity contribution in [1.29, 1.82) is 0 Å². The Morgan fingerprint density at radius 1 is 1.46 bits per heavy atom. The van der Waals surface area contributed by atoms with Crippen LogP contribution >= 0.6 is 0 Å². The Balaban J connectivity index is 2.88. The van der Waals surface area contributed by atoms with Crippen LogP contribution in [0.1, 0.15) is 47.0 Å². The Morgan fingerprint density at radius 2 is 2.08 bits per heavy atom. The molecule has 0 N–H and O–H groups in total. The first-order chi connectivity index (χ1) is 6.04. The molecule has 0 heteroatoms. The van der Waals surface area contributed by atoms with Crippen molar-refractivity contribution >= 4 is 0 Å². The average Bonchev–Trinajstić information content (AvgIpc) is 2.08. The van der Waals surface area contributed by atoms with Crippen LogP contribution in [0.5, 0.6) is 0 Å². The van der Waals surface area contributed by atoms with Gasteiger partial charge in [0.2, 0.25) is 0 Å². The van der Waals surface area contributed by atoms with Gasteiger partial charge in [0.25, 0.3) is 0 Å². The van der Waals surface area contributed by atoms with E-state index in [-0.39, 0.29) is 0 Å². The third kappa shape index (κ3) is 2.24. The maximum atomic E-state index is 4.20. The molecule has 0 aromatic carbocycles. The second-order valence-electron chi connectivity index (χ2n) is 4.63. The van der Waals surface area contributed by atoms with Gasteiger partial charge in [0, 0.05) is 0 Å². The third-order valence-corrected chi connectivity index (χ3v) is 3.36. The summed E-state index contributed by atoms with van der Waals surface area (Å²) in [5.74, 6) is 1.38. The van der Waals surface area contributed by atoms with Gasteiger partial charge in [0.15, 0.2) is 0 Å². The highest BCUT2D eigenvalue weighted by atomic mass is 14.2. The van der Waals surface area contributed by atoms with Crippen LogP contribution < -0.4 is 0 Å². The zero-order chi connectivity index (χ0) is 10.0. The highest BCUT2D eigenvalue weighted by molar-refractivity contribution is 5.36. The molecule has 74 valence electrons. The molecule has 1 rings (SSSR count). The monoisotopic (exact) mass is 178 g/mol. The summed E-state index contributed by atoms with van der Waals surface area (Å²) in [6.07, 6.45) is 3.97. The molecule has 1 aliphatic rings. The minimum absolute atomic E-state index is 0.607. The van der Waals surface area contributed by atoms with Crippen LogP contribution in [0.25, 0.3) is 0 Å². The van der Waals surface area contributed by atoms with Crippen LogP contribution in [0.2, 0.25) is 0 Å². The number of hydrogen-bond donors (Lipinski definition) is 0. The molecule has 0 aromatic rings. The van der Waals surface area contributed by atoms with Gasteiger partial charge in [0.1, 0.15) is 0 Å². The van der Waals surface area contributed by atoms with Crippen molar-refractivity contribution in [3.63, 3.8) is 0 Å². The minimum Gasteiger partial charge on any atom is -0.0953 e. The van der Waals surface area contributed by atoms with Crippen molar-refractivity contribution in [3.05, 3.63) is 23.3 Å². The zero-order valence-electron chi connectivity index (χ0n) is 9.48. The SMILES string of the molecule is C=C(C1=C(C)C(C)CCC1)C(C)C. The fraction of sp³-hybridized carbons (Fsp3) is 0.692. The largest absolute Gasteiger partial charge is 0.0953 e. The summed E-state index contributed by atoms with van der Waals surface area (Å²) in [5.41, 5.74) is 4.52. The lowest BCUT2D eigenvalue weighted by molar-refractivity contribution is 0.532. The molecule has 0 saturated heterocycles. The molecule has 0 nitrogen and oxygen atoms in total. The summed E-state index contributed by atoms with van der Waals surface area (Å²) >= 11 is 0. The van der Waals surface area contributed by atoms with Gasteiger partial charge in [-0.1, -0.05) is 32.9 Å². The summed E-state index contributed by atoms with van der Waals surface area (Å²) in [6, 6.07) is 0. The molecule has 0 radical (unpaired) electrons. The standard InChI is InChI=1S/C13H22/c1-9(2)11(4)13-8-6-7-10(3)12(13)5/h9-10H,4,6-8H2,1-3,5H3. The Labute approximate surface area is 82.7 Å². The number of rotatable bonds is 2. The van der Waals surface area contributed by atoms with E-state index in [1.807, 2.05) is 0 Å². The van der Waals surface area contributed by atoms with Crippen LogP contribution in [-0.2, 0) is 0 Å². The normalized spacial score (nSPS) is 23.9. The van der Waals surface area contributed by atoms with E-state index in [9.17, 15) is 0 Å². The molecular formula is C13H22. The van der Waals surface area contributed by atoms with Crippen molar-refractivity contribution in [3.8, 4) is 0 Å². The first-order valence-electron chi connectivity index (χ1n) is 5.42. The lowest BCUT2D eigenvalue weighted by Gasteiger charge is -2.26. The van der Waals surface area contributed by atoms with Gasteiger partial charge in [-0.15, -0.1) is 0 Å². The van der Waals surface area contributed by atoms with Crippen molar-refractivity contribution in [2.24, 2.45) is 11.8 Å². The predicted octanol–water partition coefficient (Wildman–Crippen LogP) is 4.34. The first-order valence-corrected chi connectivity index (χ1v) is 5.42. The third-order valence-electron chi connectivity index (χ3n) is 3.36. The Bertz CT molecular complexity index is 230. The van der Waals surface area contributed by atoms with E-state index in [0.717, 1.165) is 5.92 Å². The quantitative estimate of drug-likeness (QED) is 0.590. The second kappa shape index (κ2) is 4.13. The van der Waals surface area contributed by atoms with Gasteiger partial charge < -0.3 is 0 Å². The maximum absolute atomic E-state index is 4.20. The van der Waals surface area contributed by atoms with Crippen LogP contribution in [-0.4, -0.2) is 0 Å². The van der Waals surface area contributed by atoms with Crippen LogP contribution in [0.3, 0.4) is 0 Å². The zero-order valence-corrected chi connectivity index (χ0v) is 9.48. The molecule has 13 heavy (non-hydrogen) atoms. The van der Waals surface area contributed by atoms with Crippen molar-refractivity contribution in [2.45, 2.75) is 47.0 Å². The summed E-state index contributed by atoms with van der Waals surface area (Å²) in [6.45, 7) is 13.3. The van der Waals surface area contributed by atoms with Gasteiger partial charge in [-0.3, -0.25) is 0 Å². The first kappa shape index (κ1) is 10.6. The number of allylic oxidation sites excluding steroid dienone is 3. The topological polar surface area (TPSA) is 0 Å². The van der Waals surface area contributed by atoms with Gasteiger partial charge in [0.05, 0.1) is 0 Å². The van der Waals surface area contributed by atoms with Crippen molar-refractivity contribution in [2.75, 3.05) is 0 Å². The van der Waals surface area contributed by atoms with E-state index >= 15 is 0 Å². The molecule has 0 saturated carbocycles.